The fourth-order valence-electron chi connectivity index (χ4n) is 1.82. The predicted octanol–water partition coefficient (Wildman–Crippen LogP) is 2.11. The van der Waals surface area contributed by atoms with Crippen LogP contribution in [0.5, 0.6) is 0 Å². The third-order valence-corrected chi connectivity index (χ3v) is 3.18. The number of allylic oxidation sites excluding steroid dienone is 1. The van der Waals surface area contributed by atoms with Crippen molar-refractivity contribution in [1.29, 1.82) is 0 Å². The number of rotatable bonds is 5. The molecule has 0 bridgehead atoms. The lowest BCUT2D eigenvalue weighted by Gasteiger charge is -2.36. The number of carbonyl (C=O) groups excluding carboxylic acids is 1. The highest BCUT2D eigenvalue weighted by Gasteiger charge is 2.37. The van der Waals surface area contributed by atoms with E-state index in [0.29, 0.717) is 19.3 Å². The Kier molecular flexibility index (Phi) is 5.04. The van der Waals surface area contributed by atoms with Gasteiger partial charge >= 0.3 is 5.97 Å². The van der Waals surface area contributed by atoms with Crippen LogP contribution in [0, 0.1) is 5.92 Å². The molecule has 1 aliphatic rings. The molecule has 0 aromatic carbocycles. The maximum Gasteiger partial charge on any atom is 0.308 e. The molecule has 0 spiro atoms. The topological polar surface area (TPSA) is 72.8 Å². The van der Waals surface area contributed by atoms with Crippen molar-refractivity contribution in [2.75, 3.05) is 0 Å². The van der Waals surface area contributed by atoms with Crippen LogP contribution in [-0.2, 0) is 19.4 Å². The minimum absolute atomic E-state index is 0.00676. The minimum Gasteiger partial charge on any atom is -0.481 e. The molecule has 3 atom stereocenters. The molecule has 1 heterocycles. The lowest BCUT2D eigenvalue weighted by molar-refractivity contribution is -0.409. The number of carbonyl (C=O) groups is 2. The van der Waals surface area contributed by atoms with Gasteiger partial charge < -0.3 is 5.11 Å². The van der Waals surface area contributed by atoms with E-state index in [9.17, 15) is 9.59 Å². The standard InChI is InChI=1S/C13H20O5/c1-9(14)5-4-7-13(3)8-6-11(17-18-13)10(2)12(15)16/h4-5,10-11H,6-8H2,1-3H3,(H,15,16)/b5-4+/t10-,11-,13-/m1/s1. The van der Waals surface area contributed by atoms with Crippen LogP contribution in [-0.4, -0.2) is 28.6 Å². The minimum atomic E-state index is -0.885. The molecule has 5 heteroatoms. The summed E-state index contributed by atoms with van der Waals surface area (Å²) in [7, 11) is 0. The monoisotopic (exact) mass is 256 g/mol. The Labute approximate surface area is 107 Å². The van der Waals surface area contributed by atoms with E-state index in [0.717, 1.165) is 0 Å². The highest BCUT2D eigenvalue weighted by Crippen LogP contribution is 2.32. The van der Waals surface area contributed by atoms with Crippen molar-refractivity contribution >= 4 is 11.8 Å². The van der Waals surface area contributed by atoms with Gasteiger partial charge in [-0.15, -0.1) is 0 Å². The van der Waals surface area contributed by atoms with Crippen molar-refractivity contribution in [3.05, 3.63) is 12.2 Å². The molecule has 0 aromatic heterocycles. The molecular weight excluding hydrogens is 236 g/mol. The number of ketones is 1. The molecule has 1 fully saturated rings. The van der Waals surface area contributed by atoms with Gasteiger partial charge in [-0.25, -0.2) is 9.78 Å². The first-order valence-corrected chi connectivity index (χ1v) is 6.08. The van der Waals surface area contributed by atoms with E-state index >= 15 is 0 Å². The molecule has 1 N–H and O–H groups in total. The summed E-state index contributed by atoms with van der Waals surface area (Å²) in [5.74, 6) is -1.47. The summed E-state index contributed by atoms with van der Waals surface area (Å²) in [6.45, 7) is 4.98. The van der Waals surface area contributed by atoms with Crippen molar-refractivity contribution in [2.24, 2.45) is 5.92 Å². The van der Waals surface area contributed by atoms with E-state index in [1.807, 2.05) is 6.92 Å². The van der Waals surface area contributed by atoms with Gasteiger partial charge in [0.1, 0.15) is 11.7 Å². The third kappa shape index (κ3) is 4.23. The van der Waals surface area contributed by atoms with Gasteiger partial charge in [0.25, 0.3) is 0 Å². The van der Waals surface area contributed by atoms with Crippen LogP contribution < -0.4 is 0 Å². The van der Waals surface area contributed by atoms with E-state index < -0.39 is 23.6 Å². The van der Waals surface area contributed by atoms with Gasteiger partial charge in [0.05, 0.1) is 5.92 Å². The molecule has 102 valence electrons. The highest BCUT2D eigenvalue weighted by atomic mass is 17.2. The molecule has 1 rings (SSSR count). The maximum atomic E-state index is 10.8. The van der Waals surface area contributed by atoms with Gasteiger partial charge in [0, 0.05) is 0 Å². The van der Waals surface area contributed by atoms with Crippen molar-refractivity contribution in [3.8, 4) is 0 Å². The summed E-state index contributed by atoms with van der Waals surface area (Å²) in [4.78, 5) is 32.1. The molecular formula is C13H20O5. The molecule has 1 saturated heterocycles. The zero-order valence-corrected chi connectivity index (χ0v) is 11.0. The lowest BCUT2D eigenvalue weighted by atomic mass is 9.90. The van der Waals surface area contributed by atoms with Crippen LogP contribution in [0.2, 0.25) is 0 Å². The van der Waals surface area contributed by atoms with Gasteiger partial charge in [-0.2, -0.15) is 0 Å². The molecule has 1 aliphatic heterocycles. The van der Waals surface area contributed by atoms with Crippen molar-refractivity contribution < 1.29 is 24.5 Å². The normalized spacial score (nSPS) is 30.3. The molecule has 0 saturated carbocycles. The number of hydrogen-bond donors (Lipinski definition) is 1. The maximum absolute atomic E-state index is 10.8. The van der Waals surface area contributed by atoms with Crippen LogP contribution in [0.15, 0.2) is 12.2 Å². The Balaban J connectivity index is 2.46. The van der Waals surface area contributed by atoms with Gasteiger partial charge in [-0.3, -0.25) is 9.59 Å². The average Bonchev–Trinajstić information content (AvgIpc) is 2.28. The van der Waals surface area contributed by atoms with Crippen molar-refractivity contribution in [1.82, 2.24) is 0 Å². The SMILES string of the molecule is CC(=O)/C=C/C[C@]1(C)CC[C@H]([C@@H](C)C(=O)O)OO1. The van der Waals surface area contributed by atoms with Crippen molar-refractivity contribution in [3.63, 3.8) is 0 Å². The molecule has 5 nitrogen and oxygen atoms in total. The predicted molar refractivity (Wildman–Crippen MR) is 64.8 cm³/mol. The second-order valence-electron chi connectivity index (χ2n) is 5.05. The van der Waals surface area contributed by atoms with E-state index in [2.05, 4.69) is 0 Å². The first kappa shape index (κ1) is 14.9. The third-order valence-electron chi connectivity index (χ3n) is 3.18. The van der Waals surface area contributed by atoms with E-state index in [1.54, 1.807) is 13.0 Å². The summed E-state index contributed by atoms with van der Waals surface area (Å²) in [6, 6.07) is 0. The molecule has 0 radical (unpaired) electrons. The molecule has 18 heavy (non-hydrogen) atoms. The zero-order valence-electron chi connectivity index (χ0n) is 11.0. The Bertz CT molecular complexity index is 339. The summed E-state index contributed by atoms with van der Waals surface area (Å²) in [6.07, 6.45) is 4.76. The van der Waals surface area contributed by atoms with Crippen LogP contribution in [0.25, 0.3) is 0 Å². The molecule has 0 unspecified atom stereocenters. The number of aliphatic carboxylic acids is 1. The van der Waals surface area contributed by atoms with Gasteiger partial charge in [0.2, 0.25) is 0 Å². The van der Waals surface area contributed by atoms with E-state index in [4.69, 9.17) is 14.9 Å². The van der Waals surface area contributed by atoms with Gasteiger partial charge in [-0.1, -0.05) is 6.08 Å². The second-order valence-corrected chi connectivity index (χ2v) is 5.05. The quantitative estimate of drug-likeness (QED) is 0.602. The van der Waals surface area contributed by atoms with E-state index in [-0.39, 0.29) is 5.78 Å². The van der Waals surface area contributed by atoms with Gasteiger partial charge in [-0.05, 0) is 46.1 Å². The van der Waals surface area contributed by atoms with Gasteiger partial charge in [0.15, 0.2) is 5.78 Å². The van der Waals surface area contributed by atoms with Crippen LogP contribution in [0.4, 0.5) is 0 Å². The fraction of sp³-hybridized carbons (Fsp3) is 0.692. The molecule has 0 amide bonds. The highest BCUT2D eigenvalue weighted by molar-refractivity contribution is 5.87. The average molecular weight is 256 g/mol. The molecule has 0 aliphatic carbocycles. The largest absolute Gasteiger partial charge is 0.481 e. The fourth-order valence-corrected chi connectivity index (χ4v) is 1.82. The Hall–Kier alpha value is -1.20. The first-order valence-electron chi connectivity index (χ1n) is 6.08. The van der Waals surface area contributed by atoms with Crippen LogP contribution >= 0.6 is 0 Å². The Morgan fingerprint density at radius 3 is 2.67 bits per heavy atom. The molecule has 0 aromatic rings. The first-order chi connectivity index (χ1) is 8.34. The van der Waals surface area contributed by atoms with Crippen LogP contribution in [0.1, 0.15) is 40.0 Å². The summed E-state index contributed by atoms with van der Waals surface area (Å²) >= 11 is 0. The second kappa shape index (κ2) is 6.11. The van der Waals surface area contributed by atoms with Crippen LogP contribution in [0.3, 0.4) is 0 Å². The Morgan fingerprint density at radius 1 is 1.56 bits per heavy atom. The number of carboxylic acids is 1. The van der Waals surface area contributed by atoms with E-state index in [1.165, 1.54) is 13.0 Å². The summed E-state index contributed by atoms with van der Waals surface area (Å²) < 4.78 is 0. The summed E-state index contributed by atoms with van der Waals surface area (Å²) in [5, 5.41) is 8.88. The van der Waals surface area contributed by atoms with Crippen molar-refractivity contribution in [2.45, 2.75) is 51.7 Å². The number of carboxylic acid groups (broad SMARTS) is 1. The lowest BCUT2D eigenvalue weighted by Crippen LogP contribution is -2.41. The Morgan fingerprint density at radius 2 is 2.22 bits per heavy atom. The number of hydrogen-bond acceptors (Lipinski definition) is 4. The summed E-state index contributed by atoms with van der Waals surface area (Å²) in [5.41, 5.74) is -0.485. The smallest absolute Gasteiger partial charge is 0.308 e. The zero-order chi connectivity index (χ0) is 13.8.